The zero-order chi connectivity index (χ0) is 17.5. The maximum absolute atomic E-state index is 12.9. The van der Waals surface area contributed by atoms with E-state index >= 15 is 0 Å². The highest BCUT2D eigenvalue weighted by Gasteiger charge is 2.18. The number of anilines is 2. The highest BCUT2D eigenvalue weighted by Crippen LogP contribution is 2.25. The number of carbonyl (C=O) groups excluding carboxylic acids is 1. The Labute approximate surface area is 161 Å². The van der Waals surface area contributed by atoms with Crippen molar-refractivity contribution >= 4 is 29.7 Å². The molecule has 1 N–H and O–H groups in total. The topological polar surface area (TPSA) is 32.3 Å². The zero-order valence-corrected chi connectivity index (χ0v) is 15.5. The van der Waals surface area contributed by atoms with Crippen molar-refractivity contribution in [3.05, 3.63) is 96.6 Å². The average Bonchev–Trinajstić information content (AvgIpc) is 2.69. The predicted molar refractivity (Wildman–Crippen MR) is 110 cm³/mol. The molecule has 0 fully saturated rings. The summed E-state index contributed by atoms with van der Waals surface area (Å²) in [4.78, 5) is 14.7. The number of amides is 1. The summed E-state index contributed by atoms with van der Waals surface area (Å²) in [6.07, 6.45) is 0. The molecular formula is C22H23ClN2O. The average molecular weight is 367 g/mol. The number of carbonyl (C=O) groups is 1. The third-order valence-electron chi connectivity index (χ3n) is 4.14. The van der Waals surface area contributed by atoms with Gasteiger partial charge in [0.15, 0.2) is 0 Å². The van der Waals surface area contributed by atoms with Gasteiger partial charge in [-0.05, 0) is 36.8 Å². The van der Waals surface area contributed by atoms with E-state index in [2.05, 4.69) is 24.4 Å². The summed E-state index contributed by atoms with van der Waals surface area (Å²) >= 11 is 0. The van der Waals surface area contributed by atoms with Crippen molar-refractivity contribution < 1.29 is 4.79 Å². The molecule has 0 aromatic heterocycles. The van der Waals surface area contributed by atoms with Gasteiger partial charge in [0.25, 0.3) is 0 Å². The number of hydrogen-bond donors (Lipinski definition) is 1. The molecule has 3 rings (SSSR count). The third kappa shape index (κ3) is 4.94. The van der Waals surface area contributed by atoms with E-state index in [1.807, 2.05) is 78.9 Å². The smallest absolute Gasteiger partial charge is 0.245 e. The molecule has 1 atom stereocenters. The number of benzene rings is 3. The van der Waals surface area contributed by atoms with Gasteiger partial charge in [-0.1, -0.05) is 66.7 Å². The Hall–Kier alpha value is -2.62. The lowest BCUT2D eigenvalue weighted by molar-refractivity contribution is -0.117. The SMILES string of the molecule is CC(NCC(=O)N(c1ccccc1)c1ccccc1)c1ccccc1.Cl. The standard InChI is InChI=1S/C22H22N2O.ClH/c1-18(19-11-5-2-6-12-19)23-17-22(25)24(20-13-7-3-8-14-20)21-15-9-4-10-16-21;/h2-16,18,23H,17H2,1H3;1H. The Morgan fingerprint density at radius 2 is 1.23 bits per heavy atom. The molecule has 1 amide bonds. The molecule has 3 aromatic carbocycles. The van der Waals surface area contributed by atoms with Crippen LogP contribution in [0.5, 0.6) is 0 Å². The van der Waals surface area contributed by atoms with Gasteiger partial charge in [0.1, 0.15) is 0 Å². The van der Waals surface area contributed by atoms with Crippen LogP contribution in [0.1, 0.15) is 18.5 Å². The van der Waals surface area contributed by atoms with Crippen LogP contribution in [0.15, 0.2) is 91.0 Å². The minimum Gasteiger partial charge on any atom is -0.302 e. The molecular weight excluding hydrogens is 344 g/mol. The van der Waals surface area contributed by atoms with Crippen LogP contribution in [-0.2, 0) is 4.79 Å². The first-order chi connectivity index (χ1) is 12.3. The second-order valence-corrected chi connectivity index (χ2v) is 5.91. The monoisotopic (exact) mass is 366 g/mol. The summed E-state index contributed by atoms with van der Waals surface area (Å²) in [5.41, 5.74) is 2.90. The maximum Gasteiger partial charge on any atom is 0.245 e. The van der Waals surface area contributed by atoms with Crippen molar-refractivity contribution in [1.29, 1.82) is 0 Å². The normalized spacial score (nSPS) is 11.3. The second-order valence-electron chi connectivity index (χ2n) is 5.91. The van der Waals surface area contributed by atoms with Crippen LogP contribution in [0.4, 0.5) is 11.4 Å². The first-order valence-corrected chi connectivity index (χ1v) is 8.47. The Morgan fingerprint density at radius 1 is 0.808 bits per heavy atom. The van der Waals surface area contributed by atoms with Crippen molar-refractivity contribution in [3.63, 3.8) is 0 Å². The van der Waals surface area contributed by atoms with Crippen molar-refractivity contribution in [2.24, 2.45) is 0 Å². The maximum atomic E-state index is 12.9. The molecule has 0 aliphatic rings. The highest BCUT2D eigenvalue weighted by molar-refractivity contribution is 6.01. The van der Waals surface area contributed by atoms with Gasteiger partial charge in [0.2, 0.25) is 5.91 Å². The molecule has 0 aliphatic heterocycles. The van der Waals surface area contributed by atoms with E-state index in [9.17, 15) is 4.79 Å². The van der Waals surface area contributed by atoms with Crippen LogP contribution in [0.3, 0.4) is 0 Å². The zero-order valence-electron chi connectivity index (χ0n) is 14.7. The number of rotatable bonds is 6. The van der Waals surface area contributed by atoms with Crippen LogP contribution < -0.4 is 10.2 Å². The van der Waals surface area contributed by atoms with E-state index in [1.165, 1.54) is 5.56 Å². The molecule has 3 nitrogen and oxygen atoms in total. The lowest BCUT2D eigenvalue weighted by Crippen LogP contribution is -2.36. The first-order valence-electron chi connectivity index (χ1n) is 8.47. The van der Waals surface area contributed by atoms with Crippen LogP contribution in [0, 0.1) is 0 Å². The van der Waals surface area contributed by atoms with E-state index < -0.39 is 0 Å². The molecule has 0 radical (unpaired) electrons. The number of nitrogens with zero attached hydrogens (tertiary/aromatic N) is 1. The number of hydrogen-bond acceptors (Lipinski definition) is 2. The molecule has 0 heterocycles. The molecule has 0 spiro atoms. The van der Waals surface area contributed by atoms with E-state index in [-0.39, 0.29) is 30.9 Å². The van der Waals surface area contributed by atoms with Crippen molar-refractivity contribution in [1.82, 2.24) is 5.32 Å². The summed E-state index contributed by atoms with van der Waals surface area (Å²) < 4.78 is 0. The number of halogens is 1. The quantitative estimate of drug-likeness (QED) is 0.656. The highest BCUT2D eigenvalue weighted by atomic mass is 35.5. The molecule has 134 valence electrons. The minimum absolute atomic E-state index is 0. The van der Waals surface area contributed by atoms with Gasteiger partial charge < -0.3 is 5.32 Å². The van der Waals surface area contributed by atoms with Gasteiger partial charge >= 0.3 is 0 Å². The van der Waals surface area contributed by atoms with Gasteiger partial charge in [-0.3, -0.25) is 9.69 Å². The number of para-hydroxylation sites is 2. The number of nitrogens with one attached hydrogen (secondary N) is 1. The van der Waals surface area contributed by atoms with Crippen molar-refractivity contribution in [2.45, 2.75) is 13.0 Å². The predicted octanol–water partition coefficient (Wildman–Crippen LogP) is 5.12. The fraction of sp³-hybridized carbons (Fsp3) is 0.136. The van der Waals surface area contributed by atoms with Crippen LogP contribution in [0.2, 0.25) is 0 Å². The van der Waals surface area contributed by atoms with Crippen LogP contribution in [-0.4, -0.2) is 12.5 Å². The van der Waals surface area contributed by atoms with E-state index in [4.69, 9.17) is 0 Å². The van der Waals surface area contributed by atoms with Gasteiger partial charge in [0.05, 0.1) is 6.54 Å². The Bertz CT molecular complexity index is 755. The van der Waals surface area contributed by atoms with Crippen LogP contribution in [0.25, 0.3) is 0 Å². The summed E-state index contributed by atoms with van der Waals surface area (Å²) in [5.74, 6) is 0.0141. The molecule has 0 saturated heterocycles. The van der Waals surface area contributed by atoms with E-state index in [1.54, 1.807) is 4.90 Å². The molecule has 3 aromatic rings. The molecule has 4 heteroatoms. The summed E-state index contributed by atoms with van der Waals surface area (Å²) in [6, 6.07) is 29.7. The molecule has 26 heavy (non-hydrogen) atoms. The van der Waals surface area contributed by atoms with Gasteiger partial charge in [-0.2, -0.15) is 0 Å². The van der Waals surface area contributed by atoms with E-state index in [0.717, 1.165) is 11.4 Å². The Balaban J connectivity index is 0.00000243. The Morgan fingerprint density at radius 3 is 1.69 bits per heavy atom. The van der Waals surface area contributed by atoms with Gasteiger partial charge in [-0.15, -0.1) is 12.4 Å². The summed E-state index contributed by atoms with van der Waals surface area (Å²) in [7, 11) is 0. The summed E-state index contributed by atoms with van der Waals surface area (Å²) in [5, 5.41) is 3.33. The largest absolute Gasteiger partial charge is 0.302 e. The fourth-order valence-electron chi connectivity index (χ4n) is 2.77. The minimum atomic E-state index is 0. The molecule has 0 aliphatic carbocycles. The third-order valence-corrected chi connectivity index (χ3v) is 4.14. The van der Waals surface area contributed by atoms with Crippen LogP contribution >= 0.6 is 12.4 Å². The molecule has 0 bridgehead atoms. The molecule has 0 saturated carbocycles. The lowest BCUT2D eigenvalue weighted by Gasteiger charge is -2.24. The summed E-state index contributed by atoms with van der Waals surface area (Å²) in [6.45, 7) is 2.33. The van der Waals surface area contributed by atoms with Crippen molar-refractivity contribution in [3.8, 4) is 0 Å². The lowest BCUT2D eigenvalue weighted by atomic mass is 10.1. The van der Waals surface area contributed by atoms with E-state index in [0.29, 0.717) is 0 Å². The van der Waals surface area contributed by atoms with Gasteiger partial charge in [-0.25, -0.2) is 0 Å². The van der Waals surface area contributed by atoms with Crippen molar-refractivity contribution in [2.75, 3.05) is 11.4 Å². The fourth-order valence-corrected chi connectivity index (χ4v) is 2.77. The Kier molecular flexibility index (Phi) is 7.39. The molecule has 1 unspecified atom stereocenters. The first kappa shape index (κ1) is 19.7. The van der Waals surface area contributed by atoms with Gasteiger partial charge in [0, 0.05) is 17.4 Å². The second kappa shape index (κ2) is 9.76.